The van der Waals surface area contributed by atoms with Gasteiger partial charge in [0.1, 0.15) is 38.3 Å². The number of quaternary nitrogens is 2. The summed E-state index contributed by atoms with van der Waals surface area (Å²) < 4.78 is 0. The first-order valence-electron chi connectivity index (χ1n) is 11.8. The monoisotopic (exact) mass is 414 g/mol. The number of nitrogens with zero attached hydrogens (tertiary/aromatic N) is 1. The number of urea groups is 1. The van der Waals surface area contributed by atoms with Gasteiger partial charge < -0.3 is 15.1 Å². The predicted octanol–water partition coefficient (Wildman–Crippen LogP) is 0.552. The van der Waals surface area contributed by atoms with Gasteiger partial charge in [-0.1, -0.05) is 57.9 Å². The maximum atomic E-state index is 13.2. The quantitative estimate of drug-likeness (QED) is 0.617. The summed E-state index contributed by atoms with van der Waals surface area (Å²) in [5, 5.41) is 3.08. The van der Waals surface area contributed by atoms with Crippen molar-refractivity contribution in [3.05, 3.63) is 35.4 Å². The normalized spacial score (nSPS) is 32.1. The van der Waals surface area contributed by atoms with E-state index < -0.39 is 5.54 Å². The van der Waals surface area contributed by atoms with E-state index in [2.05, 4.69) is 50.4 Å². The summed E-state index contributed by atoms with van der Waals surface area (Å²) in [5.74, 6) is 0.818. The lowest BCUT2D eigenvalue weighted by Gasteiger charge is -2.37. The van der Waals surface area contributed by atoms with Crippen LogP contribution >= 0.6 is 0 Å². The maximum Gasteiger partial charge on any atom is 0.329 e. The van der Waals surface area contributed by atoms with Crippen molar-refractivity contribution >= 4 is 11.9 Å². The molecule has 0 radical (unpaired) electrons. The van der Waals surface area contributed by atoms with Gasteiger partial charge in [-0.05, 0) is 30.2 Å². The average molecular weight is 415 g/mol. The van der Waals surface area contributed by atoms with E-state index in [1.165, 1.54) is 20.9 Å². The second-order valence-electron chi connectivity index (χ2n) is 10.0. The zero-order valence-electron chi connectivity index (χ0n) is 18.8. The van der Waals surface area contributed by atoms with E-state index in [0.29, 0.717) is 12.6 Å². The minimum Gasteiger partial charge on any atom is -0.323 e. The molecule has 1 aliphatic carbocycles. The number of hydrogen-bond donors (Lipinski definition) is 3. The lowest BCUT2D eigenvalue weighted by atomic mass is 9.73. The van der Waals surface area contributed by atoms with Gasteiger partial charge in [-0.25, -0.2) is 9.69 Å². The average Bonchev–Trinajstić information content (AvgIpc) is 2.97. The number of nitrogens with one attached hydrogen (secondary N) is 3. The predicted molar refractivity (Wildman–Crippen MR) is 116 cm³/mol. The van der Waals surface area contributed by atoms with E-state index in [-0.39, 0.29) is 17.9 Å². The van der Waals surface area contributed by atoms with Crippen LogP contribution in [0.5, 0.6) is 0 Å². The third-order valence-corrected chi connectivity index (χ3v) is 7.65. The lowest BCUT2D eigenvalue weighted by Crippen LogP contribution is -3.28. The van der Waals surface area contributed by atoms with E-state index in [0.717, 1.165) is 58.4 Å². The van der Waals surface area contributed by atoms with Crippen molar-refractivity contribution in [1.29, 1.82) is 0 Å². The molecule has 2 aliphatic heterocycles. The van der Waals surface area contributed by atoms with Crippen molar-refractivity contribution in [3.8, 4) is 0 Å². The standard InChI is InChI=1S/C24H36N4O2/c1-18(2)21-9-7-20(8-10-21)16-26-12-14-27(15-13-26)17-28-22(29)24(25-23(28)30)11-5-4-6-19(24)3/h7-10,18-19H,4-6,11-17H2,1-3H3,(H,25,30)/p+2/t19-,24+/m0/s1. The van der Waals surface area contributed by atoms with Gasteiger partial charge >= 0.3 is 6.03 Å². The molecule has 6 nitrogen and oxygen atoms in total. The van der Waals surface area contributed by atoms with Crippen LogP contribution < -0.4 is 15.1 Å². The smallest absolute Gasteiger partial charge is 0.323 e. The Morgan fingerprint density at radius 1 is 1.07 bits per heavy atom. The Bertz CT molecular complexity index is 770. The van der Waals surface area contributed by atoms with Gasteiger partial charge in [0, 0.05) is 5.56 Å². The first-order chi connectivity index (χ1) is 14.4. The summed E-state index contributed by atoms with van der Waals surface area (Å²) in [6, 6.07) is 8.85. The minimum absolute atomic E-state index is 0.0206. The molecular formula is C24H38N4O2+2. The van der Waals surface area contributed by atoms with Gasteiger partial charge in [-0.2, -0.15) is 0 Å². The van der Waals surface area contributed by atoms with Gasteiger partial charge in [0.05, 0.1) is 0 Å². The first kappa shape index (κ1) is 21.3. The van der Waals surface area contributed by atoms with Gasteiger partial charge in [0.2, 0.25) is 0 Å². The highest BCUT2D eigenvalue weighted by atomic mass is 16.2. The second kappa shape index (κ2) is 8.67. The fourth-order valence-corrected chi connectivity index (χ4v) is 5.46. The molecule has 164 valence electrons. The van der Waals surface area contributed by atoms with E-state index in [4.69, 9.17) is 0 Å². The van der Waals surface area contributed by atoms with Crippen molar-refractivity contribution in [1.82, 2.24) is 10.2 Å². The Morgan fingerprint density at radius 3 is 2.37 bits per heavy atom. The van der Waals surface area contributed by atoms with E-state index in [1.54, 1.807) is 4.90 Å². The summed E-state index contributed by atoms with van der Waals surface area (Å²) in [7, 11) is 0. The van der Waals surface area contributed by atoms with Crippen LogP contribution in [-0.2, 0) is 11.3 Å². The second-order valence-corrected chi connectivity index (χ2v) is 10.0. The molecule has 0 unspecified atom stereocenters. The van der Waals surface area contributed by atoms with Crippen molar-refractivity contribution < 1.29 is 19.4 Å². The van der Waals surface area contributed by atoms with Crippen molar-refractivity contribution in [2.24, 2.45) is 5.92 Å². The molecule has 4 rings (SSSR count). The molecule has 0 aromatic heterocycles. The molecule has 1 saturated carbocycles. The number of piperazine rings is 1. The molecule has 0 bridgehead atoms. The highest BCUT2D eigenvalue weighted by Gasteiger charge is 2.55. The molecule has 1 aromatic carbocycles. The number of imide groups is 1. The summed E-state index contributed by atoms with van der Waals surface area (Å²) in [6.07, 6.45) is 3.99. The third-order valence-electron chi connectivity index (χ3n) is 7.65. The maximum absolute atomic E-state index is 13.2. The number of benzene rings is 1. The lowest BCUT2D eigenvalue weighted by molar-refractivity contribution is -1.02. The molecule has 30 heavy (non-hydrogen) atoms. The molecule has 3 amide bonds. The van der Waals surface area contributed by atoms with E-state index in [9.17, 15) is 9.59 Å². The Labute approximate surface area is 180 Å². The number of carbonyl (C=O) groups excluding carboxylic acids is 2. The molecule has 6 heteroatoms. The molecule has 3 fully saturated rings. The number of carbonyl (C=O) groups is 2. The van der Waals surface area contributed by atoms with Gasteiger partial charge in [-0.15, -0.1) is 0 Å². The molecule has 3 N–H and O–H groups in total. The van der Waals surface area contributed by atoms with Crippen LogP contribution in [-0.4, -0.2) is 55.2 Å². The topological polar surface area (TPSA) is 58.3 Å². The zero-order valence-corrected chi connectivity index (χ0v) is 18.8. The fourth-order valence-electron chi connectivity index (χ4n) is 5.46. The van der Waals surface area contributed by atoms with Gasteiger partial charge in [0.15, 0.2) is 6.67 Å². The molecule has 2 saturated heterocycles. The third kappa shape index (κ3) is 4.12. The molecule has 1 spiro atoms. The van der Waals surface area contributed by atoms with E-state index in [1.807, 2.05) is 0 Å². The van der Waals surface area contributed by atoms with Crippen LogP contribution in [0, 0.1) is 5.92 Å². The van der Waals surface area contributed by atoms with Gasteiger partial charge in [0.25, 0.3) is 5.91 Å². The summed E-state index contributed by atoms with van der Waals surface area (Å²) >= 11 is 0. The molecule has 2 atom stereocenters. The Balaban J connectivity index is 1.29. The molecule has 1 aromatic rings. The summed E-state index contributed by atoms with van der Waals surface area (Å²) in [5.41, 5.74) is 2.14. The van der Waals surface area contributed by atoms with Crippen LogP contribution in [0.3, 0.4) is 0 Å². The van der Waals surface area contributed by atoms with Gasteiger partial charge in [-0.3, -0.25) is 4.79 Å². The molecule has 3 aliphatic rings. The summed E-state index contributed by atoms with van der Waals surface area (Å²) in [6.45, 7) is 12.3. The van der Waals surface area contributed by atoms with Crippen molar-refractivity contribution in [2.45, 2.75) is 64.5 Å². The minimum atomic E-state index is -0.635. The first-order valence-corrected chi connectivity index (χ1v) is 11.8. The molecular weight excluding hydrogens is 376 g/mol. The Kier molecular flexibility index (Phi) is 6.16. The number of hydrogen-bond acceptors (Lipinski definition) is 2. The van der Waals surface area contributed by atoms with E-state index >= 15 is 0 Å². The Morgan fingerprint density at radius 2 is 1.73 bits per heavy atom. The van der Waals surface area contributed by atoms with Crippen LogP contribution in [0.2, 0.25) is 0 Å². The number of rotatable bonds is 5. The van der Waals surface area contributed by atoms with Crippen molar-refractivity contribution in [2.75, 3.05) is 32.8 Å². The highest BCUT2D eigenvalue weighted by Crippen LogP contribution is 2.37. The number of amides is 3. The highest BCUT2D eigenvalue weighted by molar-refractivity contribution is 6.07. The zero-order chi connectivity index (χ0) is 21.3. The fraction of sp³-hybridized carbons (Fsp3) is 0.667. The van der Waals surface area contributed by atoms with Crippen LogP contribution in [0.25, 0.3) is 0 Å². The SMILES string of the molecule is CC(C)c1ccc(C[NH+]2CC[NH+](CN3C(=O)N[C@@]4(CCCC[C@@H]4C)C3=O)CC2)cc1. The van der Waals surface area contributed by atoms with Crippen molar-refractivity contribution in [3.63, 3.8) is 0 Å². The van der Waals surface area contributed by atoms with Crippen LogP contribution in [0.15, 0.2) is 24.3 Å². The molecule has 2 heterocycles. The van der Waals surface area contributed by atoms with Crippen LogP contribution in [0.4, 0.5) is 4.79 Å². The Hall–Kier alpha value is -1.92. The van der Waals surface area contributed by atoms with Crippen LogP contribution in [0.1, 0.15) is 63.5 Å². The summed E-state index contributed by atoms with van der Waals surface area (Å²) in [4.78, 5) is 30.3. The largest absolute Gasteiger partial charge is 0.329 e.